The lowest BCUT2D eigenvalue weighted by Gasteiger charge is -2.35. The number of carbonyl (C=O) groups is 6. The van der Waals surface area contributed by atoms with E-state index in [4.69, 9.17) is 19.3 Å². The van der Waals surface area contributed by atoms with Gasteiger partial charge in [0, 0.05) is 48.9 Å². The summed E-state index contributed by atoms with van der Waals surface area (Å²) in [6, 6.07) is 12.9. The van der Waals surface area contributed by atoms with E-state index >= 15 is 0 Å². The summed E-state index contributed by atoms with van der Waals surface area (Å²) in [5.41, 5.74) is 2.72. The number of nitrogens with one attached hydrogen (secondary N) is 2. The molecule has 1 atom stereocenters. The molecule has 3 N–H and O–H groups in total. The van der Waals surface area contributed by atoms with Gasteiger partial charge in [0.05, 0.1) is 34.6 Å². The number of hydroxylamine groups is 2. The number of ether oxygens (including phenoxy) is 2. The van der Waals surface area contributed by atoms with Crippen molar-refractivity contribution >= 4 is 46.7 Å². The van der Waals surface area contributed by atoms with Gasteiger partial charge in [-0.1, -0.05) is 32.4 Å². The largest absolute Gasteiger partial charge is 0.508 e. The topological polar surface area (TPSA) is 213 Å². The second kappa shape index (κ2) is 15.9. The average Bonchev–Trinajstić information content (AvgIpc) is 3.73. The van der Waals surface area contributed by atoms with E-state index < -0.39 is 35.4 Å². The Bertz CT molecular complexity index is 2370. The maximum Gasteiger partial charge on any atom is 0.408 e. The van der Waals surface area contributed by atoms with Crippen LogP contribution >= 0.6 is 0 Å². The molecule has 16 nitrogen and oxygen atoms in total. The molecule has 4 aromatic rings. The molecule has 1 saturated heterocycles. The molecule has 0 bridgehead atoms. The Morgan fingerprint density at radius 1 is 0.930 bits per heavy atom. The van der Waals surface area contributed by atoms with Crippen LogP contribution < -0.4 is 16.2 Å². The van der Waals surface area contributed by atoms with Gasteiger partial charge in [-0.3, -0.25) is 19.2 Å². The van der Waals surface area contributed by atoms with Crippen molar-refractivity contribution in [3.8, 4) is 17.1 Å². The standard InChI is InChI=1S/C41H41N5O11/c1-3-26-27-18-25(47)13-14-31(27)44-36-28(26)21-45-32(36)19-30-29(37(45)51)22-55-39(53)41(30,4-2)56-40(54)42-17-7-5-6-8-33(48)43-20-23-9-11-24(12-10-23)38(52)57-46-34(49)15-16-35(46)50/h9-14,18-19,47H,3-8,15-17,20-22H2,1-2H3,(H,42,54)(H,43,48)/t41-/m0/s1. The Hall–Kier alpha value is -6.58. The van der Waals surface area contributed by atoms with Gasteiger partial charge in [0.25, 0.3) is 17.4 Å². The van der Waals surface area contributed by atoms with E-state index in [-0.39, 0.29) is 85.8 Å². The maximum absolute atomic E-state index is 13.9. The van der Waals surface area contributed by atoms with Gasteiger partial charge < -0.3 is 34.6 Å². The minimum Gasteiger partial charge on any atom is -0.508 e. The molecule has 0 saturated carbocycles. The van der Waals surface area contributed by atoms with Crippen LogP contribution in [0.1, 0.15) is 97.0 Å². The molecule has 2 aromatic heterocycles. The number of benzene rings is 2. The highest BCUT2D eigenvalue weighted by Crippen LogP contribution is 2.42. The number of cyclic esters (lactones) is 1. The molecule has 296 valence electrons. The van der Waals surface area contributed by atoms with E-state index in [1.807, 2.05) is 6.92 Å². The first-order valence-electron chi connectivity index (χ1n) is 18.9. The normalized spacial score (nSPS) is 16.8. The summed E-state index contributed by atoms with van der Waals surface area (Å²) in [5, 5.41) is 16.9. The maximum atomic E-state index is 13.9. The number of rotatable bonds is 13. The Kier molecular flexibility index (Phi) is 10.8. The Balaban J connectivity index is 0.910. The SMILES string of the molecule is CCc1c2c(nc3ccc(O)cc13)-c1cc3c(c(=O)n1C2)COC(=O)[C@@]3(CC)OC(=O)NCCCCCC(=O)NCc1ccc(C(=O)ON2C(=O)CCC2=O)cc1. The van der Waals surface area contributed by atoms with Gasteiger partial charge in [-0.25, -0.2) is 19.4 Å². The third-order valence-electron chi connectivity index (χ3n) is 10.6. The number of hydrogen-bond donors (Lipinski definition) is 3. The molecule has 57 heavy (non-hydrogen) atoms. The predicted molar refractivity (Wildman–Crippen MR) is 201 cm³/mol. The van der Waals surface area contributed by atoms with Gasteiger partial charge in [0.2, 0.25) is 11.5 Å². The number of aryl methyl sites for hydroxylation is 1. The van der Waals surface area contributed by atoms with Crippen molar-refractivity contribution in [1.29, 1.82) is 0 Å². The molecule has 16 heteroatoms. The summed E-state index contributed by atoms with van der Waals surface area (Å²) >= 11 is 0. The highest BCUT2D eigenvalue weighted by molar-refractivity contribution is 6.02. The van der Waals surface area contributed by atoms with Crippen molar-refractivity contribution in [2.24, 2.45) is 0 Å². The van der Waals surface area contributed by atoms with Gasteiger partial charge in [0.15, 0.2) is 0 Å². The molecular formula is C41H41N5O11. The molecule has 2 aromatic carbocycles. The lowest BCUT2D eigenvalue weighted by Crippen LogP contribution is -2.49. The fourth-order valence-corrected chi connectivity index (χ4v) is 7.52. The number of phenolic OH excluding ortho intramolecular Hbond substituents is 1. The summed E-state index contributed by atoms with van der Waals surface area (Å²) in [7, 11) is 0. The van der Waals surface area contributed by atoms with Crippen LogP contribution in [0, 0.1) is 0 Å². The van der Waals surface area contributed by atoms with Crippen molar-refractivity contribution in [2.45, 2.75) is 90.5 Å². The molecule has 5 heterocycles. The number of esters is 1. The number of aromatic nitrogens is 2. The van der Waals surface area contributed by atoms with Crippen LogP contribution in [0.15, 0.2) is 53.3 Å². The lowest BCUT2D eigenvalue weighted by atomic mass is 9.85. The van der Waals surface area contributed by atoms with Crippen molar-refractivity contribution < 1.29 is 48.2 Å². The quantitative estimate of drug-likeness (QED) is 0.0873. The van der Waals surface area contributed by atoms with E-state index in [1.54, 1.807) is 47.9 Å². The molecule has 4 amide bonds. The number of unbranched alkanes of at least 4 members (excludes halogenated alkanes) is 2. The van der Waals surface area contributed by atoms with Crippen molar-refractivity contribution in [2.75, 3.05) is 6.54 Å². The highest BCUT2D eigenvalue weighted by atomic mass is 16.7. The number of aromatic hydroxyl groups is 1. The summed E-state index contributed by atoms with van der Waals surface area (Å²) in [4.78, 5) is 98.4. The first-order chi connectivity index (χ1) is 27.4. The van der Waals surface area contributed by atoms with Gasteiger partial charge in [-0.15, -0.1) is 5.06 Å². The summed E-state index contributed by atoms with van der Waals surface area (Å²) in [5.74, 6) is -2.81. The first-order valence-corrected chi connectivity index (χ1v) is 18.9. The van der Waals surface area contributed by atoms with Gasteiger partial charge >= 0.3 is 18.0 Å². The molecule has 0 unspecified atom stereocenters. The minimum atomic E-state index is -1.86. The summed E-state index contributed by atoms with van der Waals surface area (Å²) in [6.45, 7) is 4.11. The third-order valence-corrected chi connectivity index (χ3v) is 10.6. The highest BCUT2D eigenvalue weighted by Gasteiger charge is 2.50. The Morgan fingerprint density at radius 2 is 1.68 bits per heavy atom. The molecule has 1 fully saturated rings. The summed E-state index contributed by atoms with van der Waals surface area (Å²) in [6.07, 6.45) is 1.72. The number of nitrogens with zero attached hydrogens (tertiary/aromatic N) is 3. The number of pyridine rings is 2. The number of hydrogen-bond acceptors (Lipinski definition) is 12. The second-order valence-corrected chi connectivity index (χ2v) is 14.1. The van der Waals surface area contributed by atoms with Crippen LogP contribution in [0.25, 0.3) is 22.3 Å². The van der Waals surface area contributed by atoms with Gasteiger partial charge in [0.1, 0.15) is 12.4 Å². The zero-order chi connectivity index (χ0) is 40.4. The van der Waals surface area contributed by atoms with Crippen molar-refractivity contribution in [3.05, 3.63) is 92.3 Å². The predicted octanol–water partition coefficient (Wildman–Crippen LogP) is 4.18. The van der Waals surface area contributed by atoms with Gasteiger partial charge in [-0.2, -0.15) is 0 Å². The fraction of sp³-hybridized carbons (Fsp3) is 0.366. The monoisotopic (exact) mass is 779 g/mol. The van der Waals surface area contributed by atoms with Crippen LogP contribution in [-0.4, -0.2) is 62.0 Å². The van der Waals surface area contributed by atoms with Crippen LogP contribution in [0.4, 0.5) is 4.79 Å². The third kappa shape index (κ3) is 7.42. The smallest absolute Gasteiger partial charge is 0.408 e. The Morgan fingerprint density at radius 3 is 2.40 bits per heavy atom. The molecule has 3 aliphatic heterocycles. The molecule has 0 aliphatic carbocycles. The zero-order valence-electron chi connectivity index (χ0n) is 31.5. The van der Waals surface area contributed by atoms with Crippen LogP contribution in [0.5, 0.6) is 5.75 Å². The van der Waals surface area contributed by atoms with E-state index in [2.05, 4.69) is 10.6 Å². The average molecular weight is 780 g/mol. The number of imide groups is 1. The van der Waals surface area contributed by atoms with E-state index in [1.165, 1.54) is 12.1 Å². The van der Waals surface area contributed by atoms with Crippen LogP contribution in [-0.2, 0) is 65.2 Å². The van der Waals surface area contributed by atoms with Crippen molar-refractivity contribution in [3.63, 3.8) is 0 Å². The molecule has 3 aliphatic rings. The number of carbonyl (C=O) groups excluding carboxylic acids is 6. The van der Waals surface area contributed by atoms with Gasteiger partial charge in [-0.05, 0) is 73.2 Å². The van der Waals surface area contributed by atoms with Crippen LogP contribution in [0.2, 0.25) is 0 Å². The van der Waals surface area contributed by atoms with E-state index in [0.717, 1.165) is 22.1 Å². The number of phenols is 1. The molecular weight excluding hydrogens is 738 g/mol. The number of alkyl carbamates (subject to hydrolysis) is 1. The van der Waals surface area contributed by atoms with Crippen molar-refractivity contribution in [1.82, 2.24) is 25.2 Å². The molecule has 0 spiro atoms. The summed E-state index contributed by atoms with van der Waals surface area (Å²) < 4.78 is 12.9. The first kappa shape index (κ1) is 38.7. The Labute approximate surface area is 326 Å². The zero-order valence-corrected chi connectivity index (χ0v) is 31.5. The van der Waals surface area contributed by atoms with Crippen LogP contribution in [0.3, 0.4) is 0 Å². The molecule has 0 radical (unpaired) electrons. The minimum absolute atomic E-state index is 0.000594. The lowest BCUT2D eigenvalue weighted by molar-refractivity contribution is -0.173. The number of amides is 4. The number of fused-ring (bicyclic) bond motifs is 5. The van der Waals surface area contributed by atoms with E-state index in [9.17, 15) is 38.7 Å². The van der Waals surface area contributed by atoms with E-state index in [0.29, 0.717) is 47.7 Å². The second-order valence-electron chi connectivity index (χ2n) is 14.1. The fourth-order valence-electron chi connectivity index (χ4n) is 7.52. The molecule has 7 rings (SSSR count).